The van der Waals surface area contributed by atoms with Crippen molar-refractivity contribution in [2.75, 3.05) is 18.4 Å². The molecule has 7 heteroatoms. The molecule has 1 saturated heterocycles. The summed E-state index contributed by atoms with van der Waals surface area (Å²) >= 11 is 0. The summed E-state index contributed by atoms with van der Waals surface area (Å²) in [7, 11) is 0. The number of likely N-dealkylation sites (tertiary alicyclic amines) is 1. The smallest absolute Gasteiger partial charge is 0.241 e. The summed E-state index contributed by atoms with van der Waals surface area (Å²) in [5, 5.41) is 6.92. The molecule has 3 aromatic rings. The number of carbonyl (C=O) groups excluding carboxylic acids is 1. The van der Waals surface area contributed by atoms with Gasteiger partial charge in [0.2, 0.25) is 17.6 Å². The lowest BCUT2D eigenvalue weighted by atomic mass is 9.97. The highest BCUT2D eigenvalue weighted by molar-refractivity contribution is 5.92. The van der Waals surface area contributed by atoms with Gasteiger partial charge in [0.15, 0.2) is 0 Å². The summed E-state index contributed by atoms with van der Waals surface area (Å²) in [5.74, 6) is 0.496. The summed E-state index contributed by atoms with van der Waals surface area (Å²) in [6.45, 7) is 3.98. The Morgan fingerprint density at radius 2 is 2.14 bits per heavy atom. The number of hydrogen-bond donors (Lipinski definition) is 1. The summed E-state index contributed by atoms with van der Waals surface area (Å²) in [6, 6.07) is 13.9. The van der Waals surface area contributed by atoms with Crippen LogP contribution in [0.4, 0.5) is 10.1 Å². The molecule has 0 saturated carbocycles. The van der Waals surface area contributed by atoms with Gasteiger partial charge in [0.05, 0.1) is 12.5 Å². The number of nitrogens with zero attached hydrogens (tertiary/aromatic N) is 3. The van der Waals surface area contributed by atoms with Crippen molar-refractivity contribution in [3.05, 3.63) is 65.8 Å². The minimum absolute atomic E-state index is 0.0913. The first-order valence-electron chi connectivity index (χ1n) is 9.76. The molecule has 1 aliphatic heterocycles. The molecule has 2 aromatic carbocycles. The normalized spacial score (nSPS) is 17.2. The Morgan fingerprint density at radius 1 is 1.28 bits per heavy atom. The Morgan fingerprint density at radius 3 is 2.97 bits per heavy atom. The van der Waals surface area contributed by atoms with Gasteiger partial charge >= 0.3 is 0 Å². The number of amides is 1. The molecule has 1 aliphatic rings. The van der Waals surface area contributed by atoms with E-state index in [0.29, 0.717) is 30.5 Å². The third-order valence-electron chi connectivity index (χ3n) is 5.18. The number of aryl methyl sites for hydroxylation is 1. The quantitative estimate of drug-likeness (QED) is 0.707. The Kier molecular flexibility index (Phi) is 5.67. The summed E-state index contributed by atoms with van der Waals surface area (Å²) in [4.78, 5) is 19.3. The number of piperidine rings is 1. The maximum absolute atomic E-state index is 13.3. The molecule has 2 heterocycles. The number of halogens is 1. The number of carbonyl (C=O) groups is 1. The molecule has 0 radical (unpaired) electrons. The molecule has 150 valence electrons. The number of nitrogens with one attached hydrogen (secondary N) is 1. The van der Waals surface area contributed by atoms with E-state index < -0.39 is 0 Å². The standard InChI is InChI=1S/C22H23FN4O2/c1-15-6-2-3-10-19(15)21-25-20(29-26-21)14-27-11-5-7-16(13-27)22(28)24-18-9-4-8-17(23)12-18/h2-4,6,8-10,12,16H,5,7,11,13-14H2,1H3,(H,24,28). The molecule has 1 atom stereocenters. The predicted molar refractivity (Wildman–Crippen MR) is 108 cm³/mol. The second kappa shape index (κ2) is 8.53. The van der Waals surface area contributed by atoms with Crippen molar-refractivity contribution in [1.82, 2.24) is 15.0 Å². The van der Waals surface area contributed by atoms with Crippen LogP contribution in [-0.4, -0.2) is 34.0 Å². The molecule has 0 spiro atoms. The molecular weight excluding hydrogens is 371 g/mol. The number of anilines is 1. The van der Waals surface area contributed by atoms with Crippen molar-refractivity contribution >= 4 is 11.6 Å². The average molecular weight is 394 g/mol. The fourth-order valence-electron chi connectivity index (χ4n) is 3.67. The zero-order valence-corrected chi connectivity index (χ0v) is 16.3. The second-order valence-corrected chi connectivity index (χ2v) is 7.40. The van der Waals surface area contributed by atoms with E-state index in [-0.39, 0.29) is 17.6 Å². The molecule has 1 aromatic heterocycles. The van der Waals surface area contributed by atoms with Crippen molar-refractivity contribution in [2.45, 2.75) is 26.3 Å². The summed E-state index contributed by atoms with van der Waals surface area (Å²) in [6.07, 6.45) is 1.70. The fourth-order valence-corrected chi connectivity index (χ4v) is 3.67. The lowest BCUT2D eigenvalue weighted by Crippen LogP contribution is -2.40. The highest BCUT2D eigenvalue weighted by Crippen LogP contribution is 2.23. The molecule has 6 nitrogen and oxygen atoms in total. The first-order chi connectivity index (χ1) is 14.1. The molecule has 29 heavy (non-hydrogen) atoms. The van der Waals surface area contributed by atoms with E-state index in [1.54, 1.807) is 12.1 Å². The van der Waals surface area contributed by atoms with Gasteiger partial charge in [0.25, 0.3) is 0 Å². The van der Waals surface area contributed by atoms with E-state index in [2.05, 4.69) is 20.4 Å². The maximum Gasteiger partial charge on any atom is 0.241 e. The van der Waals surface area contributed by atoms with E-state index >= 15 is 0 Å². The molecule has 1 amide bonds. The van der Waals surface area contributed by atoms with Gasteiger partial charge in [0, 0.05) is 17.8 Å². The largest absolute Gasteiger partial charge is 0.338 e. The fraction of sp³-hybridized carbons (Fsp3) is 0.318. The first kappa shape index (κ1) is 19.3. The van der Waals surface area contributed by atoms with Crippen LogP contribution >= 0.6 is 0 Å². The van der Waals surface area contributed by atoms with Crippen LogP contribution in [0.3, 0.4) is 0 Å². The van der Waals surface area contributed by atoms with Crippen molar-refractivity contribution in [3.63, 3.8) is 0 Å². The third-order valence-corrected chi connectivity index (χ3v) is 5.18. The van der Waals surface area contributed by atoms with Crippen LogP contribution in [0.1, 0.15) is 24.3 Å². The van der Waals surface area contributed by atoms with Crippen LogP contribution in [0.2, 0.25) is 0 Å². The topological polar surface area (TPSA) is 71.3 Å². The van der Waals surface area contributed by atoms with Crippen LogP contribution in [0, 0.1) is 18.7 Å². The van der Waals surface area contributed by atoms with Crippen LogP contribution in [0.15, 0.2) is 53.1 Å². The van der Waals surface area contributed by atoms with E-state index in [9.17, 15) is 9.18 Å². The number of rotatable bonds is 5. The van der Waals surface area contributed by atoms with Gasteiger partial charge in [-0.05, 0) is 50.1 Å². The third kappa shape index (κ3) is 4.68. The Labute approximate surface area is 168 Å². The Hall–Kier alpha value is -3.06. The maximum atomic E-state index is 13.3. The molecule has 4 rings (SSSR count). The van der Waals surface area contributed by atoms with Crippen molar-refractivity contribution in [2.24, 2.45) is 5.92 Å². The highest BCUT2D eigenvalue weighted by Gasteiger charge is 2.27. The number of benzene rings is 2. The van der Waals surface area contributed by atoms with Gasteiger partial charge in [-0.3, -0.25) is 9.69 Å². The predicted octanol–water partition coefficient (Wildman–Crippen LogP) is 4.03. The van der Waals surface area contributed by atoms with Crippen LogP contribution in [-0.2, 0) is 11.3 Å². The minimum atomic E-state index is -0.367. The van der Waals surface area contributed by atoms with Crippen molar-refractivity contribution in [3.8, 4) is 11.4 Å². The first-order valence-corrected chi connectivity index (χ1v) is 9.76. The molecule has 1 unspecified atom stereocenters. The van der Waals surface area contributed by atoms with E-state index in [4.69, 9.17) is 4.52 Å². The lowest BCUT2D eigenvalue weighted by molar-refractivity contribution is -0.121. The number of hydrogen-bond acceptors (Lipinski definition) is 5. The van der Waals surface area contributed by atoms with Crippen LogP contribution < -0.4 is 5.32 Å². The molecule has 1 N–H and O–H groups in total. The monoisotopic (exact) mass is 394 g/mol. The van der Waals surface area contributed by atoms with Gasteiger partial charge in [-0.1, -0.05) is 35.5 Å². The zero-order valence-electron chi connectivity index (χ0n) is 16.3. The molecule has 0 bridgehead atoms. The van der Waals surface area contributed by atoms with Gasteiger partial charge in [0.1, 0.15) is 5.82 Å². The van der Waals surface area contributed by atoms with E-state index in [0.717, 1.165) is 30.5 Å². The zero-order chi connectivity index (χ0) is 20.2. The lowest BCUT2D eigenvalue weighted by Gasteiger charge is -2.30. The average Bonchev–Trinajstić information content (AvgIpc) is 3.17. The molecular formula is C22H23FN4O2. The second-order valence-electron chi connectivity index (χ2n) is 7.40. The highest BCUT2D eigenvalue weighted by atomic mass is 19.1. The number of aromatic nitrogens is 2. The SMILES string of the molecule is Cc1ccccc1-c1noc(CN2CCCC(C(=O)Nc3cccc(F)c3)C2)n1. The van der Waals surface area contributed by atoms with Crippen molar-refractivity contribution in [1.29, 1.82) is 0 Å². The van der Waals surface area contributed by atoms with Crippen molar-refractivity contribution < 1.29 is 13.7 Å². The molecule has 1 fully saturated rings. The van der Waals surface area contributed by atoms with Gasteiger partial charge < -0.3 is 9.84 Å². The Balaban J connectivity index is 1.38. The molecule has 0 aliphatic carbocycles. The van der Waals surface area contributed by atoms with Gasteiger partial charge in [-0.15, -0.1) is 0 Å². The summed E-state index contributed by atoms with van der Waals surface area (Å²) < 4.78 is 18.8. The van der Waals surface area contributed by atoms with Gasteiger partial charge in [-0.25, -0.2) is 4.39 Å². The minimum Gasteiger partial charge on any atom is -0.338 e. The van der Waals surface area contributed by atoms with E-state index in [1.807, 2.05) is 31.2 Å². The van der Waals surface area contributed by atoms with Gasteiger partial charge in [-0.2, -0.15) is 4.98 Å². The summed E-state index contributed by atoms with van der Waals surface area (Å²) in [5.41, 5.74) is 2.52. The Bertz CT molecular complexity index is 1000. The van der Waals surface area contributed by atoms with Crippen LogP contribution in [0.5, 0.6) is 0 Å². The van der Waals surface area contributed by atoms with Crippen LogP contribution in [0.25, 0.3) is 11.4 Å². The van der Waals surface area contributed by atoms with E-state index in [1.165, 1.54) is 12.1 Å².